The van der Waals surface area contributed by atoms with Crippen LogP contribution in [0.15, 0.2) is 83.9 Å². The molecular weight excluding hydrogens is 539 g/mol. The number of benzene rings is 4. The van der Waals surface area contributed by atoms with E-state index in [2.05, 4.69) is 4.99 Å². The van der Waals surface area contributed by atoms with E-state index >= 15 is 4.39 Å². The summed E-state index contributed by atoms with van der Waals surface area (Å²) in [7, 11) is 1.21. The van der Waals surface area contributed by atoms with Crippen molar-refractivity contribution in [2.45, 2.75) is 32.5 Å². The highest BCUT2D eigenvalue weighted by Gasteiger charge is 2.37. The monoisotopic (exact) mass is 564 g/mol. The van der Waals surface area contributed by atoms with Crippen molar-refractivity contribution in [2.24, 2.45) is 4.99 Å². The quantitative estimate of drug-likeness (QED) is 0.180. The number of halogens is 5. The first kappa shape index (κ1) is 28.0. The first-order valence-electron chi connectivity index (χ1n) is 12.7. The minimum absolute atomic E-state index is 0.000893. The molecule has 0 saturated carbocycles. The molecule has 4 nitrogen and oxygen atoms in total. The molecule has 0 saturated heterocycles. The van der Waals surface area contributed by atoms with Crippen molar-refractivity contribution in [3.05, 3.63) is 118 Å². The molecule has 0 amide bonds. The number of aliphatic imine (C=N–C) groups is 1. The van der Waals surface area contributed by atoms with Gasteiger partial charge in [0.1, 0.15) is 23.2 Å². The highest BCUT2D eigenvalue weighted by Crippen LogP contribution is 2.44. The van der Waals surface area contributed by atoms with Gasteiger partial charge in [0.2, 0.25) is 0 Å². The summed E-state index contributed by atoms with van der Waals surface area (Å²) >= 11 is 0. The molecule has 5 rings (SSSR count). The van der Waals surface area contributed by atoms with Gasteiger partial charge in [-0.05, 0) is 72.5 Å². The van der Waals surface area contributed by atoms with Crippen LogP contribution in [-0.4, -0.2) is 18.9 Å². The summed E-state index contributed by atoms with van der Waals surface area (Å²) in [5, 5.41) is 0. The average molecular weight is 565 g/mol. The molecule has 0 radical (unpaired) electrons. The van der Waals surface area contributed by atoms with Gasteiger partial charge in [-0.1, -0.05) is 42.5 Å². The van der Waals surface area contributed by atoms with Crippen LogP contribution in [0.4, 0.5) is 33.3 Å². The summed E-state index contributed by atoms with van der Waals surface area (Å²) < 4.78 is 75.2. The van der Waals surface area contributed by atoms with Crippen LogP contribution < -0.4 is 4.90 Å². The van der Waals surface area contributed by atoms with Crippen LogP contribution in [0.1, 0.15) is 40.3 Å². The van der Waals surface area contributed by atoms with Crippen LogP contribution in [0.5, 0.6) is 0 Å². The number of nitrogens with zero attached hydrogens (tertiary/aromatic N) is 2. The third kappa shape index (κ3) is 5.57. The maximum absolute atomic E-state index is 15.3. The Balaban J connectivity index is 1.71. The lowest BCUT2D eigenvalue weighted by Gasteiger charge is -2.38. The minimum atomic E-state index is -4.61. The van der Waals surface area contributed by atoms with Crippen molar-refractivity contribution >= 4 is 23.2 Å². The second-order valence-corrected chi connectivity index (χ2v) is 9.88. The van der Waals surface area contributed by atoms with Crippen molar-refractivity contribution in [3.63, 3.8) is 0 Å². The fraction of sp³-hybridized carbons (Fsp3) is 0.188. The van der Waals surface area contributed by atoms with Crippen molar-refractivity contribution in [1.29, 1.82) is 0 Å². The number of carbonyl (C=O) groups excluding carboxylic acids is 1. The summed E-state index contributed by atoms with van der Waals surface area (Å²) in [5.41, 5.74) is 2.66. The topological polar surface area (TPSA) is 41.9 Å². The largest absolute Gasteiger partial charge is 0.469 e. The van der Waals surface area contributed by atoms with E-state index in [0.29, 0.717) is 22.3 Å². The van der Waals surface area contributed by atoms with E-state index in [9.17, 15) is 22.4 Å². The number of aryl methyl sites for hydroxylation is 2. The first-order chi connectivity index (χ1) is 19.5. The molecule has 0 aliphatic carbocycles. The van der Waals surface area contributed by atoms with Gasteiger partial charge >= 0.3 is 12.1 Å². The molecule has 9 heteroatoms. The number of alkyl halides is 3. The number of fused-ring (bicyclic) bond motifs is 1. The van der Waals surface area contributed by atoms with Crippen LogP contribution in [0.2, 0.25) is 0 Å². The number of amidine groups is 1. The molecule has 1 heterocycles. The second kappa shape index (κ2) is 10.8. The number of esters is 1. The molecule has 1 unspecified atom stereocenters. The molecule has 210 valence electrons. The van der Waals surface area contributed by atoms with Gasteiger partial charge < -0.3 is 9.64 Å². The predicted molar refractivity (Wildman–Crippen MR) is 147 cm³/mol. The Morgan fingerprint density at radius 2 is 1.56 bits per heavy atom. The Labute approximate surface area is 233 Å². The lowest BCUT2D eigenvalue weighted by Crippen LogP contribution is -2.39. The fourth-order valence-electron chi connectivity index (χ4n) is 5.00. The van der Waals surface area contributed by atoms with Gasteiger partial charge in [0.15, 0.2) is 0 Å². The van der Waals surface area contributed by atoms with Crippen LogP contribution in [-0.2, 0) is 15.7 Å². The SMILES string of the molecule is COC(=O)CC1c2cc(C)cc(F)c2N=C(c2ccc(-c3ccc(F)c(C)c3)cc2)N1c1cccc(C(F)(F)F)c1. The van der Waals surface area contributed by atoms with Crippen LogP contribution in [0, 0.1) is 25.5 Å². The van der Waals surface area contributed by atoms with Gasteiger partial charge in [-0.2, -0.15) is 13.2 Å². The number of methoxy groups -OCH3 is 1. The third-order valence-electron chi connectivity index (χ3n) is 7.03. The average Bonchev–Trinajstić information content (AvgIpc) is 2.94. The molecule has 1 aliphatic heterocycles. The summed E-state index contributed by atoms with van der Waals surface area (Å²) in [6.45, 7) is 3.34. The smallest absolute Gasteiger partial charge is 0.416 e. The molecule has 41 heavy (non-hydrogen) atoms. The molecule has 0 bridgehead atoms. The fourth-order valence-corrected chi connectivity index (χ4v) is 5.00. The minimum Gasteiger partial charge on any atom is -0.469 e. The molecule has 4 aromatic carbocycles. The molecule has 0 spiro atoms. The maximum Gasteiger partial charge on any atom is 0.416 e. The predicted octanol–water partition coefficient (Wildman–Crippen LogP) is 8.47. The van der Waals surface area contributed by atoms with Gasteiger partial charge in [0.05, 0.1) is 25.1 Å². The summed E-state index contributed by atoms with van der Waals surface area (Å²) in [4.78, 5) is 18.7. The van der Waals surface area contributed by atoms with Crippen molar-refractivity contribution in [1.82, 2.24) is 0 Å². The highest BCUT2D eigenvalue weighted by molar-refractivity contribution is 6.13. The zero-order valence-corrected chi connectivity index (χ0v) is 22.4. The zero-order valence-electron chi connectivity index (χ0n) is 22.4. The standard InChI is InChI=1S/C32H25F5N2O2/c1-18-13-25-28(17-29(40)41-3)39(24-6-4-5-23(16-24)32(35,36)37)31(38-30(25)27(34)14-18)21-9-7-20(8-10-21)22-11-12-26(33)19(2)15-22/h4-16,28H,17H2,1-3H3. The molecule has 0 aromatic heterocycles. The van der Waals surface area contributed by atoms with Crippen LogP contribution >= 0.6 is 0 Å². The van der Waals surface area contributed by atoms with Gasteiger partial charge in [0.25, 0.3) is 0 Å². The maximum atomic E-state index is 15.3. The summed E-state index contributed by atoms with van der Waals surface area (Å²) in [6.07, 6.45) is -4.88. The van der Waals surface area contributed by atoms with E-state index in [4.69, 9.17) is 4.74 Å². The normalized spacial score (nSPS) is 14.9. The van der Waals surface area contributed by atoms with Crippen LogP contribution in [0.25, 0.3) is 11.1 Å². The number of anilines is 1. The van der Waals surface area contributed by atoms with E-state index in [1.807, 2.05) is 0 Å². The van der Waals surface area contributed by atoms with Gasteiger partial charge in [-0.25, -0.2) is 13.8 Å². The number of hydrogen-bond acceptors (Lipinski definition) is 4. The highest BCUT2D eigenvalue weighted by atomic mass is 19.4. The van der Waals surface area contributed by atoms with E-state index in [1.54, 1.807) is 56.3 Å². The van der Waals surface area contributed by atoms with E-state index in [0.717, 1.165) is 23.3 Å². The Hall–Kier alpha value is -4.53. The van der Waals surface area contributed by atoms with Crippen molar-refractivity contribution in [3.8, 4) is 11.1 Å². The molecule has 0 fully saturated rings. The lowest BCUT2D eigenvalue weighted by molar-refractivity contribution is -0.141. The zero-order chi connectivity index (χ0) is 29.5. The molecule has 1 aliphatic rings. The van der Waals surface area contributed by atoms with Crippen LogP contribution in [0.3, 0.4) is 0 Å². The molecule has 0 N–H and O–H groups in total. The van der Waals surface area contributed by atoms with Crippen molar-refractivity contribution in [2.75, 3.05) is 12.0 Å². The van der Waals surface area contributed by atoms with Gasteiger partial charge in [0, 0.05) is 16.8 Å². The van der Waals surface area contributed by atoms with E-state index in [-0.39, 0.29) is 29.4 Å². The second-order valence-electron chi connectivity index (χ2n) is 9.88. The summed E-state index contributed by atoms with van der Waals surface area (Å²) in [6, 6.07) is 18.4. The molecule has 4 aromatic rings. The lowest BCUT2D eigenvalue weighted by atomic mass is 9.93. The Kier molecular flexibility index (Phi) is 7.38. The van der Waals surface area contributed by atoms with E-state index in [1.165, 1.54) is 36.3 Å². The van der Waals surface area contributed by atoms with Gasteiger partial charge in [-0.15, -0.1) is 0 Å². The van der Waals surface area contributed by atoms with Gasteiger partial charge in [-0.3, -0.25) is 4.79 Å². The van der Waals surface area contributed by atoms with Crippen molar-refractivity contribution < 1.29 is 31.5 Å². The summed E-state index contributed by atoms with van der Waals surface area (Å²) in [5.74, 6) is -1.40. The number of carbonyl (C=O) groups is 1. The number of hydrogen-bond donors (Lipinski definition) is 0. The number of rotatable bonds is 5. The molecular formula is C32H25F5N2O2. The molecule has 1 atom stereocenters. The van der Waals surface area contributed by atoms with E-state index < -0.39 is 29.6 Å². The first-order valence-corrected chi connectivity index (χ1v) is 12.7. The third-order valence-corrected chi connectivity index (χ3v) is 7.03. The Bertz CT molecular complexity index is 1660. The Morgan fingerprint density at radius 1 is 0.878 bits per heavy atom. The Morgan fingerprint density at radius 3 is 2.22 bits per heavy atom. The number of ether oxygens (including phenoxy) is 1.